The summed E-state index contributed by atoms with van der Waals surface area (Å²) < 4.78 is 1.77. The molecule has 0 bridgehead atoms. The molecule has 2 aromatic heterocycles. The predicted molar refractivity (Wildman–Crippen MR) is 93.2 cm³/mol. The van der Waals surface area contributed by atoms with Crippen LogP contribution in [0.15, 0.2) is 23.0 Å². The normalized spacial score (nSPS) is 11.0. The van der Waals surface area contributed by atoms with Gasteiger partial charge in [0.15, 0.2) is 0 Å². The van der Waals surface area contributed by atoms with Gasteiger partial charge in [-0.2, -0.15) is 5.10 Å². The van der Waals surface area contributed by atoms with Gasteiger partial charge in [0.2, 0.25) is 0 Å². The highest BCUT2D eigenvalue weighted by molar-refractivity contribution is 6.31. The highest BCUT2D eigenvalue weighted by Gasteiger charge is 2.16. The van der Waals surface area contributed by atoms with Crippen LogP contribution in [0.5, 0.6) is 0 Å². The number of hydrogen-bond donors (Lipinski definition) is 2. The van der Waals surface area contributed by atoms with Crippen LogP contribution in [0.4, 0.5) is 0 Å². The molecule has 0 saturated carbocycles. The molecule has 0 atom stereocenters. The molecule has 0 spiro atoms. The molecule has 1 aromatic carbocycles. The first-order valence-corrected chi connectivity index (χ1v) is 7.44. The fourth-order valence-electron chi connectivity index (χ4n) is 2.71. The number of benzene rings is 1. The second kappa shape index (κ2) is 6.69. The quantitative estimate of drug-likeness (QED) is 0.766. The van der Waals surface area contributed by atoms with E-state index in [9.17, 15) is 4.79 Å². The van der Waals surface area contributed by atoms with Crippen LogP contribution in [-0.2, 0) is 13.0 Å². The Morgan fingerprint density at radius 3 is 2.86 bits per heavy atom. The molecule has 3 aromatic rings. The molecule has 0 saturated heterocycles. The Labute approximate surface area is 138 Å². The van der Waals surface area contributed by atoms with E-state index >= 15 is 0 Å². The summed E-state index contributed by atoms with van der Waals surface area (Å²) in [5.41, 5.74) is 7.97. The van der Waals surface area contributed by atoms with Gasteiger partial charge >= 0.3 is 0 Å². The molecule has 0 aliphatic carbocycles. The lowest BCUT2D eigenvalue weighted by molar-refractivity contribution is 0.654. The number of halogens is 2. The summed E-state index contributed by atoms with van der Waals surface area (Å²) in [6.07, 6.45) is 1.48. The number of nitrogens with two attached hydrogens (primary N) is 1. The van der Waals surface area contributed by atoms with E-state index in [-0.39, 0.29) is 18.0 Å². The number of H-pyrrole nitrogens is 1. The van der Waals surface area contributed by atoms with E-state index in [1.165, 1.54) is 0 Å². The standard InChI is InChI=1S/C15H17ClN4O.ClH/c1-2-11-13-14(19-18-11)10-8-9(16)4-5-12(10)20(15(13)21)7-3-6-17;/h4-5,8H,2-3,6-7,17H2,1H3,(H,18,19);1H. The second-order valence-corrected chi connectivity index (χ2v) is 5.48. The van der Waals surface area contributed by atoms with Gasteiger partial charge in [-0.25, -0.2) is 0 Å². The number of rotatable bonds is 4. The topological polar surface area (TPSA) is 76.7 Å². The van der Waals surface area contributed by atoms with Gasteiger partial charge in [0.25, 0.3) is 5.56 Å². The fourth-order valence-corrected chi connectivity index (χ4v) is 2.88. The molecule has 7 heteroatoms. The number of fused-ring (bicyclic) bond motifs is 3. The van der Waals surface area contributed by atoms with Crippen molar-refractivity contribution in [3.05, 3.63) is 39.3 Å². The van der Waals surface area contributed by atoms with Crippen molar-refractivity contribution in [1.29, 1.82) is 0 Å². The highest BCUT2D eigenvalue weighted by Crippen LogP contribution is 2.26. The van der Waals surface area contributed by atoms with E-state index in [4.69, 9.17) is 17.3 Å². The summed E-state index contributed by atoms with van der Waals surface area (Å²) in [6.45, 7) is 3.14. The van der Waals surface area contributed by atoms with Gasteiger partial charge in [0.05, 0.1) is 10.9 Å². The van der Waals surface area contributed by atoms with Crippen molar-refractivity contribution in [2.75, 3.05) is 6.54 Å². The second-order valence-electron chi connectivity index (χ2n) is 5.04. The number of hydrogen-bond acceptors (Lipinski definition) is 3. The number of aromatic amines is 1. The van der Waals surface area contributed by atoms with E-state index in [1.807, 2.05) is 19.1 Å². The maximum Gasteiger partial charge on any atom is 0.262 e. The molecule has 3 N–H and O–H groups in total. The number of nitrogens with zero attached hydrogens (tertiary/aromatic N) is 2. The molecule has 118 valence electrons. The number of aromatic nitrogens is 3. The van der Waals surface area contributed by atoms with Crippen LogP contribution in [0.1, 0.15) is 19.0 Å². The van der Waals surface area contributed by atoms with E-state index in [0.717, 1.165) is 29.4 Å². The minimum absolute atomic E-state index is 0. The van der Waals surface area contributed by atoms with Crippen LogP contribution >= 0.6 is 24.0 Å². The molecule has 0 aliphatic rings. The molecule has 22 heavy (non-hydrogen) atoms. The minimum Gasteiger partial charge on any atom is -0.330 e. The van der Waals surface area contributed by atoms with Crippen LogP contribution in [0.3, 0.4) is 0 Å². The zero-order valence-electron chi connectivity index (χ0n) is 12.2. The zero-order chi connectivity index (χ0) is 15.0. The Hall–Kier alpha value is -1.56. The third-order valence-electron chi connectivity index (χ3n) is 3.74. The fraction of sp³-hybridized carbons (Fsp3) is 0.333. The Balaban J connectivity index is 0.00000176. The van der Waals surface area contributed by atoms with Crippen molar-refractivity contribution in [2.24, 2.45) is 5.73 Å². The van der Waals surface area contributed by atoms with Crippen LogP contribution in [0, 0.1) is 0 Å². The van der Waals surface area contributed by atoms with Gasteiger partial charge in [0, 0.05) is 22.6 Å². The molecule has 0 aliphatic heterocycles. The maximum absolute atomic E-state index is 12.8. The maximum atomic E-state index is 12.8. The van der Waals surface area contributed by atoms with Crippen molar-refractivity contribution in [2.45, 2.75) is 26.3 Å². The number of pyridine rings is 1. The van der Waals surface area contributed by atoms with E-state index in [0.29, 0.717) is 29.0 Å². The van der Waals surface area contributed by atoms with Crippen molar-refractivity contribution in [3.63, 3.8) is 0 Å². The third-order valence-corrected chi connectivity index (χ3v) is 3.98. The van der Waals surface area contributed by atoms with Gasteiger partial charge in [0.1, 0.15) is 5.52 Å². The van der Waals surface area contributed by atoms with Crippen LogP contribution in [0.2, 0.25) is 5.02 Å². The SMILES string of the molecule is CCc1[nH]nc2c1c(=O)n(CCCN)c1ccc(Cl)cc21.Cl. The minimum atomic E-state index is -0.0149. The molecular weight excluding hydrogens is 323 g/mol. The highest BCUT2D eigenvalue weighted by atomic mass is 35.5. The summed E-state index contributed by atoms with van der Waals surface area (Å²) in [6, 6.07) is 5.52. The average molecular weight is 341 g/mol. The molecule has 0 unspecified atom stereocenters. The van der Waals surface area contributed by atoms with Gasteiger partial charge in [-0.05, 0) is 37.6 Å². The third kappa shape index (κ3) is 2.60. The molecule has 0 amide bonds. The zero-order valence-corrected chi connectivity index (χ0v) is 13.8. The first-order chi connectivity index (χ1) is 10.2. The molecule has 0 radical (unpaired) electrons. The Kier molecular flexibility index (Phi) is 5.11. The predicted octanol–water partition coefficient (Wildman–Crippen LogP) is 2.86. The molecule has 3 rings (SSSR count). The average Bonchev–Trinajstić information content (AvgIpc) is 2.92. The van der Waals surface area contributed by atoms with Gasteiger partial charge in [-0.15, -0.1) is 12.4 Å². The molecular formula is C15H18Cl2N4O. The lowest BCUT2D eigenvalue weighted by Crippen LogP contribution is -2.22. The van der Waals surface area contributed by atoms with E-state index < -0.39 is 0 Å². The Morgan fingerprint density at radius 2 is 2.18 bits per heavy atom. The molecule has 5 nitrogen and oxygen atoms in total. The van der Waals surface area contributed by atoms with Gasteiger partial charge < -0.3 is 10.3 Å². The van der Waals surface area contributed by atoms with Crippen LogP contribution in [-0.4, -0.2) is 21.3 Å². The summed E-state index contributed by atoms with van der Waals surface area (Å²) >= 11 is 6.11. The summed E-state index contributed by atoms with van der Waals surface area (Å²) in [7, 11) is 0. The van der Waals surface area contributed by atoms with Gasteiger partial charge in [-0.3, -0.25) is 9.89 Å². The van der Waals surface area contributed by atoms with Crippen molar-refractivity contribution in [1.82, 2.24) is 14.8 Å². The largest absolute Gasteiger partial charge is 0.330 e. The Bertz CT molecular complexity index is 869. The van der Waals surface area contributed by atoms with Crippen LogP contribution in [0.25, 0.3) is 21.8 Å². The van der Waals surface area contributed by atoms with E-state index in [2.05, 4.69) is 10.2 Å². The van der Waals surface area contributed by atoms with Crippen molar-refractivity contribution >= 4 is 45.8 Å². The molecule has 0 fully saturated rings. The number of nitrogens with one attached hydrogen (secondary N) is 1. The van der Waals surface area contributed by atoms with Crippen molar-refractivity contribution < 1.29 is 0 Å². The summed E-state index contributed by atoms with van der Waals surface area (Å²) in [5.74, 6) is 0. The lowest BCUT2D eigenvalue weighted by Gasteiger charge is -2.11. The van der Waals surface area contributed by atoms with E-state index in [1.54, 1.807) is 10.6 Å². The van der Waals surface area contributed by atoms with Crippen LogP contribution < -0.4 is 11.3 Å². The first-order valence-electron chi connectivity index (χ1n) is 7.06. The Morgan fingerprint density at radius 1 is 1.41 bits per heavy atom. The first kappa shape index (κ1) is 16.8. The lowest BCUT2D eigenvalue weighted by atomic mass is 10.1. The smallest absolute Gasteiger partial charge is 0.262 e. The summed E-state index contributed by atoms with van der Waals surface area (Å²) in [5, 5.41) is 9.47. The number of aryl methyl sites for hydroxylation is 2. The monoisotopic (exact) mass is 340 g/mol. The van der Waals surface area contributed by atoms with Gasteiger partial charge in [-0.1, -0.05) is 18.5 Å². The molecule has 2 heterocycles. The van der Waals surface area contributed by atoms with Crippen molar-refractivity contribution in [3.8, 4) is 0 Å². The summed E-state index contributed by atoms with van der Waals surface area (Å²) in [4.78, 5) is 12.8.